The van der Waals surface area contributed by atoms with Gasteiger partial charge in [-0.1, -0.05) is 30.3 Å². The number of ether oxygens (including phenoxy) is 1. The van der Waals surface area contributed by atoms with Crippen LogP contribution >= 0.6 is 0 Å². The Morgan fingerprint density at radius 2 is 1.35 bits per heavy atom. The Kier molecular flexibility index (Phi) is 10.2. The van der Waals surface area contributed by atoms with Crippen LogP contribution in [0.25, 0.3) is 0 Å². The topological polar surface area (TPSA) is 110 Å². The van der Waals surface area contributed by atoms with Gasteiger partial charge in [0.1, 0.15) is 22.2 Å². The van der Waals surface area contributed by atoms with Gasteiger partial charge in [0.25, 0.3) is 5.60 Å². The minimum atomic E-state index is -6.24. The van der Waals surface area contributed by atoms with Crippen LogP contribution in [0.15, 0.2) is 71.6 Å². The molecule has 0 bridgehead atoms. The zero-order chi connectivity index (χ0) is 37.6. The van der Waals surface area contributed by atoms with Crippen LogP contribution in [-0.4, -0.2) is 68.7 Å². The van der Waals surface area contributed by atoms with Crippen molar-refractivity contribution in [3.8, 4) is 0 Å². The molecule has 2 saturated heterocycles. The molecular formula is C33H30F9N3O5S. The third-order valence-corrected chi connectivity index (χ3v) is 11.9. The van der Waals surface area contributed by atoms with Gasteiger partial charge >= 0.3 is 18.4 Å². The zero-order valence-corrected chi connectivity index (χ0v) is 27.2. The number of nitrogens with zero attached hydrogens (tertiary/aromatic N) is 2. The second-order valence-corrected chi connectivity index (χ2v) is 14.6. The Labute approximate surface area is 285 Å². The molecule has 0 saturated carbocycles. The standard InChI is InChI=1S/C33H30F9N3O5S/c34-23-8-10-24(11-9-23)51(48,49)30(14-17-45(19-30)28(46)20-12-15-44(16-13-20)29(43)47)21-4-6-22(7-5-21)31(32(37,38)39,33(40,41)42)50-18-25-26(35)2-1-3-27(25)36/h1-11,20H,12-19H2,(H2,43,47)/t30-/m0/s1. The van der Waals surface area contributed by atoms with Crippen molar-refractivity contribution in [3.05, 3.63) is 101 Å². The van der Waals surface area contributed by atoms with E-state index in [9.17, 15) is 57.5 Å². The van der Waals surface area contributed by atoms with Crippen molar-refractivity contribution in [2.24, 2.45) is 11.7 Å². The fourth-order valence-corrected chi connectivity index (χ4v) is 8.70. The summed E-state index contributed by atoms with van der Waals surface area (Å²) in [6.07, 6.45) is -12.4. The number of nitrogens with two attached hydrogens (primary N) is 1. The van der Waals surface area contributed by atoms with Crippen LogP contribution in [0.1, 0.15) is 36.0 Å². The van der Waals surface area contributed by atoms with Gasteiger partial charge in [0.15, 0.2) is 9.84 Å². The van der Waals surface area contributed by atoms with Crippen molar-refractivity contribution in [1.29, 1.82) is 0 Å². The Bertz CT molecular complexity index is 1850. The molecule has 0 radical (unpaired) electrons. The number of halogens is 9. The highest BCUT2D eigenvalue weighted by Gasteiger charge is 2.73. The molecule has 2 aliphatic heterocycles. The van der Waals surface area contributed by atoms with Crippen LogP contribution in [0.3, 0.4) is 0 Å². The molecule has 5 rings (SSSR count). The van der Waals surface area contributed by atoms with E-state index in [1.165, 1.54) is 9.80 Å². The lowest BCUT2D eigenvalue weighted by atomic mass is 9.88. The first-order valence-electron chi connectivity index (χ1n) is 15.4. The lowest BCUT2D eigenvalue weighted by Gasteiger charge is -2.38. The molecule has 51 heavy (non-hydrogen) atoms. The Morgan fingerprint density at radius 3 is 1.86 bits per heavy atom. The van der Waals surface area contributed by atoms with Gasteiger partial charge < -0.3 is 20.3 Å². The van der Waals surface area contributed by atoms with E-state index in [-0.39, 0.29) is 44.5 Å². The SMILES string of the molecule is NC(=O)N1CCC(C(=O)N2CC[C@](c3ccc(C(OCc4c(F)cccc4F)(C(F)(F)F)C(F)(F)F)cc3)(S(=O)(=O)c3ccc(F)cc3)C2)CC1. The number of alkyl halides is 6. The molecule has 3 aromatic rings. The summed E-state index contributed by atoms with van der Waals surface area (Å²) in [5, 5.41) is 0. The number of carbonyl (C=O) groups is 2. The van der Waals surface area contributed by atoms with Crippen LogP contribution < -0.4 is 5.73 Å². The van der Waals surface area contributed by atoms with Crippen LogP contribution in [0, 0.1) is 23.4 Å². The third kappa shape index (κ3) is 6.74. The summed E-state index contributed by atoms with van der Waals surface area (Å²) in [6.45, 7) is -2.20. The number of benzene rings is 3. The molecule has 2 aliphatic rings. The molecule has 1 atom stereocenters. The smallest absolute Gasteiger partial charge is 0.351 e. The fourth-order valence-electron chi connectivity index (χ4n) is 6.62. The second-order valence-electron chi connectivity index (χ2n) is 12.3. The van der Waals surface area contributed by atoms with Crippen LogP contribution in [0.5, 0.6) is 0 Å². The van der Waals surface area contributed by atoms with Crippen LogP contribution in [0.4, 0.5) is 44.3 Å². The van der Waals surface area contributed by atoms with E-state index in [2.05, 4.69) is 4.74 Å². The number of carbonyl (C=O) groups excluding carboxylic acids is 2. The summed E-state index contributed by atoms with van der Waals surface area (Å²) in [4.78, 5) is 27.2. The van der Waals surface area contributed by atoms with Crippen molar-refractivity contribution in [2.75, 3.05) is 26.2 Å². The minimum absolute atomic E-state index is 0.159. The number of hydrogen-bond acceptors (Lipinski definition) is 5. The maximum atomic E-state index is 14.5. The molecule has 0 aromatic heterocycles. The summed E-state index contributed by atoms with van der Waals surface area (Å²) >= 11 is 0. The zero-order valence-electron chi connectivity index (χ0n) is 26.4. The van der Waals surface area contributed by atoms with Gasteiger partial charge in [-0.25, -0.2) is 26.4 Å². The quantitative estimate of drug-likeness (QED) is 0.214. The lowest BCUT2D eigenvalue weighted by Crippen LogP contribution is -2.56. The number of urea groups is 1. The third-order valence-electron chi connectivity index (χ3n) is 9.45. The summed E-state index contributed by atoms with van der Waals surface area (Å²) in [5.74, 6) is -4.80. The molecule has 2 N–H and O–H groups in total. The summed E-state index contributed by atoms with van der Waals surface area (Å²) in [5.41, 5.74) is -2.85. The number of piperidine rings is 1. The number of sulfone groups is 1. The van der Waals surface area contributed by atoms with E-state index >= 15 is 0 Å². The van der Waals surface area contributed by atoms with Gasteiger partial charge in [-0.2, -0.15) is 26.3 Å². The molecule has 276 valence electrons. The van der Waals surface area contributed by atoms with Crippen LogP contribution in [-0.2, 0) is 36.3 Å². The number of hydrogen-bond donors (Lipinski definition) is 1. The fraction of sp³-hybridized carbons (Fsp3) is 0.394. The van der Waals surface area contributed by atoms with Gasteiger partial charge in [-0.15, -0.1) is 0 Å². The van der Waals surface area contributed by atoms with E-state index in [0.29, 0.717) is 24.3 Å². The molecule has 3 aromatic carbocycles. The molecule has 0 unspecified atom stereocenters. The maximum absolute atomic E-state index is 14.5. The first-order valence-corrected chi connectivity index (χ1v) is 16.9. The van der Waals surface area contributed by atoms with Crippen LogP contribution in [0.2, 0.25) is 0 Å². The summed E-state index contributed by atoms with van der Waals surface area (Å²) in [7, 11) is -4.64. The summed E-state index contributed by atoms with van der Waals surface area (Å²) in [6, 6.07) is 7.20. The molecule has 3 amide bonds. The average molecular weight is 752 g/mol. The van der Waals surface area contributed by atoms with Crippen molar-refractivity contribution in [3.63, 3.8) is 0 Å². The largest absolute Gasteiger partial charge is 0.430 e. The van der Waals surface area contributed by atoms with Gasteiger partial charge in [0.05, 0.1) is 11.5 Å². The Morgan fingerprint density at radius 1 is 0.804 bits per heavy atom. The number of rotatable bonds is 8. The minimum Gasteiger partial charge on any atom is -0.351 e. The Hall–Kier alpha value is -4.32. The van der Waals surface area contributed by atoms with Gasteiger partial charge in [0.2, 0.25) is 5.91 Å². The van der Waals surface area contributed by atoms with Crippen molar-refractivity contribution in [1.82, 2.24) is 9.80 Å². The molecule has 0 aliphatic carbocycles. The molecule has 2 heterocycles. The number of amides is 3. The second kappa shape index (κ2) is 13.7. The van der Waals surface area contributed by atoms with Gasteiger partial charge in [-0.3, -0.25) is 4.79 Å². The highest BCUT2D eigenvalue weighted by molar-refractivity contribution is 7.92. The van der Waals surface area contributed by atoms with E-state index in [0.717, 1.165) is 42.5 Å². The highest BCUT2D eigenvalue weighted by Crippen LogP contribution is 2.54. The molecule has 18 heteroatoms. The van der Waals surface area contributed by atoms with Crippen molar-refractivity contribution >= 4 is 21.8 Å². The first-order chi connectivity index (χ1) is 23.7. The van der Waals surface area contributed by atoms with Gasteiger partial charge in [0, 0.05) is 43.2 Å². The van der Waals surface area contributed by atoms with E-state index in [4.69, 9.17) is 5.73 Å². The van der Waals surface area contributed by atoms with E-state index in [1.54, 1.807) is 0 Å². The normalized spacial score (nSPS) is 19.4. The van der Waals surface area contributed by atoms with E-state index in [1.807, 2.05) is 0 Å². The molecule has 2 fully saturated rings. The van der Waals surface area contributed by atoms with Gasteiger partial charge in [-0.05, 0) is 61.2 Å². The number of likely N-dealkylation sites (tertiary alicyclic amines) is 2. The predicted molar refractivity (Wildman–Crippen MR) is 162 cm³/mol. The lowest BCUT2D eigenvalue weighted by molar-refractivity contribution is -0.392. The number of primary amides is 1. The molecular weight excluding hydrogens is 721 g/mol. The monoisotopic (exact) mass is 751 g/mol. The summed E-state index contributed by atoms with van der Waals surface area (Å²) < 4.78 is 160. The molecule has 8 nitrogen and oxygen atoms in total. The highest BCUT2D eigenvalue weighted by atomic mass is 32.2. The predicted octanol–water partition coefficient (Wildman–Crippen LogP) is 6.33. The Balaban J connectivity index is 1.56. The first kappa shape index (κ1) is 37.9. The molecule has 0 spiro atoms. The van der Waals surface area contributed by atoms with Crippen molar-refractivity contribution < 1.29 is 62.3 Å². The maximum Gasteiger partial charge on any atom is 0.430 e. The van der Waals surface area contributed by atoms with Crippen molar-refractivity contribution in [2.45, 2.75) is 53.5 Å². The average Bonchev–Trinajstić information content (AvgIpc) is 3.53. The van der Waals surface area contributed by atoms with E-state index < -0.39 is 97.0 Å².